The van der Waals surface area contributed by atoms with E-state index in [0.717, 1.165) is 12.8 Å². The first-order valence-corrected chi connectivity index (χ1v) is 4.84. The molecule has 0 saturated carbocycles. The molecule has 0 aromatic rings. The highest BCUT2D eigenvalue weighted by molar-refractivity contribution is 9.10. The van der Waals surface area contributed by atoms with Crippen LogP contribution in [-0.4, -0.2) is 16.9 Å². The third kappa shape index (κ3) is 5.24. The van der Waals surface area contributed by atoms with Crippen molar-refractivity contribution in [3.63, 3.8) is 0 Å². The Kier molecular flexibility index (Phi) is 5.56. The SMILES string of the molecule is CCCC(C)OC(=O)C(C)Br. The second-order valence-electron chi connectivity index (χ2n) is 2.65. The van der Waals surface area contributed by atoms with Crippen LogP contribution in [0.4, 0.5) is 0 Å². The molecule has 3 heteroatoms. The minimum atomic E-state index is -0.193. The smallest absolute Gasteiger partial charge is 0.319 e. The van der Waals surface area contributed by atoms with Gasteiger partial charge in [-0.25, -0.2) is 0 Å². The average Bonchev–Trinajstić information content (AvgIpc) is 1.87. The van der Waals surface area contributed by atoms with Gasteiger partial charge < -0.3 is 4.74 Å². The van der Waals surface area contributed by atoms with Crippen molar-refractivity contribution in [3.05, 3.63) is 0 Å². The molecule has 0 rings (SSSR count). The van der Waals surface area contributed by atoms with Crippen molar-refractivity contribution in [1.29, 1.82) is 0 Å². The molecule has 0 fully saturated rings. The molecule has 0 heterocycles. The normalized spacial score (nSPS) is 15.6. The van der Waals surface area contributed by atoms with Gasteiger partial charge in [-0.2, -0.15) is 0 Å². The maximum absolute atomic E-state index is 11.0. The number of hydrogen-bond acceptors (Lipinski definition) is 2. The van der Waals surface area contributed by atoms with Gasteiger partial charge in [-0.05, 0) is 20.3 Å². The summed E-state index contributed by atoms with van der Waals surface area (Å²) in [5.41, 5.74) is 0. The van der Waals surface area contributed by atoms with Gasteiger partial charge in [0.15, 0.2) is 0 Å². The summed E-state index contributed by atoms with van der Waals surface area (Å²) in [5, 5.41) is 0. The fourth-order valence-electron chi connectivity index (χ4n) is 0.757. The van der Waals surface area contributed by atoms with Gasteiger partial charge >= 0.3 is 5.97 Å². The van der Waals surface area contributed by atoms with E-state index < -0.39 is 0 Å². The van der Waals surface area contributed by atoms with Gasteiger partial charge in [-0.3, -0.25) is 4.79 Å². The van der Waals surface area contributed by atoms with Crippen LogP contribution in [0.2, 0.25) is 0 Å². The molecule has 0 aromatic heterocycles. The Morgan fingerprint density at radius 1 is 1.55 bits per heavy atom. The van der Waals surface area contributed by atoms with Crippen LogP contribution in [-0.2, 0) is 9.53 Å². The third-order valence-electron chi connectivity index (χ3n) is 1.34. The predicted octanol–water partition coefficient (Wildman–Crippen LogP) is 2.50. The first-order valence-electron chi connectivity index (χ1n) is 3.92. The largest absolute Gasteiger partial charge is 0.462 e. The molecule has 0 amide bonds. The third-order valence-corrected chi connectivity index (χ3v) is 1.71. The van der Waals surface area contributed by atoms with E-state index >= 15 is 0 Å². The fourth-order valence-corrected chi connectivity index (χ4v) is 0.865. The van der Waals surface area contributed by atoms with Crippen molar-refractivity contribution in [1.82, 2.24) is 0 Å². The maximum Gasteiger partial charge on any atom is 0.319 e. The summed E-state index contributed by atoms with van der Waals surface area (Å²) in [6, 6.07) is 0. The summed E-state index contributed by atoms with van der Waals surface area (Å²) < 4.78 is 5.07. The predicted molar refractivity (Wildman–Crippen MR) is 48.9 cm³/mol. The highest BCUT2D eigenvalue weighted by Gasteiger charge is 2.13. The summed E-state index contributed by atoms with van der Waals surface area (Å²) in [6.45, 7) is 5.75. The van der Waals surface area contributed by atoms with Crippen LogP contribution in [0, 0.1) is 0 Å². The average molecular weight is 223 g/mol. The Hall–Kier alpha value is -0.0500. The molecule has 0 saturated heterocycles. The molecule has 0 bridgehead atoms. The van der Waals surface area contributed by atoms with E-state index in [-0.39, 0.29) is 16.9 Å². The van der Waals surface area contributed by atoms with E-state index in [9.17, 15) is 4.79 Å². The van der Waals surface area contributed by atoms with Crippen molar-refractivity contribution in [2.24, 2.45) is 0 Å². The number of halogens is 1. The molecular formula is C8H15BrO2. The summed E-state index contributed by atoms with van der Waals surface area (Å²) in [6.07, 6.45) is 2.03. The Bertz CT molecular complexity index is 123. The molecule has 2 unspecified atom stereocenters. The van der Waals surface area contributed by atoms with Gasteiger partial charge in [-0.1, -0.05) is 29.3 Å². The lowest BCUT2D eigenvalue weighted by Gasteiger charge is -2.12. The van der Waals surface area contributed by atoms with E-state index in [1.54, 1.807) is 6.92 Å². The quantitative estimate of drug-likeness (QED) is 0.540. The zero-order valence-electron chi connectivity index (χ0n) is 7.26. The van der Waals surface area contributed by atoms with Gasteiger partial charge in [0.2, 0.25) is 0 Å². The molecule has 0 spiro atoms. The zero-order valence-corrected chi connectivity index (χ0v) is 8.85. The standard InChI is InChI=1S/C8H15BrO2/c1-4-5-6(2)11-8(10)7(3)9/h6-7H,4-5H2,1-3H3. The molecular weight excluding hydrogens is 208 g/mol. The van der Waals surface area contributed by atoms with E-state index in [1.165, 1.54) is 0 Å². The minimum absolute atomic E-state index is 0.0486. The molecule has 11 heavy (non-hydrogen) atoms. The number of hydrogen-bond donors (Lipinski definition) is 0. The van der Waals surface area contributed by atoms with E-state index in [0.29, 0.717) is 0 Å². The molecule has 66 valence electrons. The van der Waals surface area contributed by atoms with Crippen LogP contribution in [0.3, 0.4) is 0 Å². The summed E-state index contributed by atoms with van der Waals surface area (Å²) in [4.78, 5) is 10.8. The van der Waals surface area contributed by atoms with E-state index in [1.807, 2.05) is 6.92 Å². The number of carbonyl (C=O) groups excluding carboxylic acids is 1. The molecule has 0 aliphatic carbocycles. The van der Waals surface area contributed by atoms with Gasteiger partial charge in [0.1, 0.15) is 4.83 Å². The van der Waals surface area contributed by atoms with Crippen molar-refractivity contribution in [2.75, 3.05) is 0 Å². The molecule has 0 aliphatic rings. The number of esters is 1. The van der Waals surface area contributed by atoms with Gasteiger partial charge in [-0.15, -0.1) is 0 Å². The number of alkyl halides is 1. The number of carbonyl (C=O) groups is 1. The molecule has 2 nitrogen and oxygen atoms in total. The number of ether oxygens (including phenoxy) is 1. The van der Waals surface area contributed by atoms with Crippen LogP contribution >= 0.6 is 15.9 Å². The van der Waals surface area contributed by atoms with Crippen LogP contribution in [0.15, 0.2) is 0 Å². The monoisotopic (exact) mass is 222 g/mol. The first-order chi connectivity index (χ1) is 5.07. The molecule has 0 radical (unpaired) electrons. The van der Waals surface area contributed by atoms with Crippen molar-refractivity contribution in [2.45, 2.75) is 44.5 Å². The molecule has 0 aliphatic heterocycles. The van der Waals surface area contributed by atoms with Crippen LogP contribution < -0.4 is 0 Å². The lowest BCUT2D eigenvalue weighted by Crippen LogP contribution is -2.20. The summed E-state index contributed by atoms with van der Waals surface area (Å²) in [7, 11) is 0. The zero-order chi connectivity index (χ0) is 8.85. The fraction of sp³-hybridized carbons (Fsp3) is 0.875. The summed E-state index contributed by atoms with van der Waals surface area (Å²) >= 11 is 3.14. The van der Waals surface area contributed by atoms with E-state index in [2.05, 4.69) is 22.9 Å². The van der Waals surface area contributed by atoms with Crippen LogP contribution in [0.5, 0.6) is 0 Å². The first kappa shape index (κ1) is 11.0. The maximum atomic E-state index is 11.0. The van der Waals surface area contributed by atoms with Gasteiger partial charge in [0, 0.05) is 0 Å². The van der Waals surface area contributed by atoms with Crippen molar-refractivity contribution >= 4 is 21.9 Å². The van der Waals surface area contributed by atoms with Gasteiger partial charge in [0.05, 0.1) is 6.10 Å². The lowest BCUT2D eigenvalue weighted by atomic mass is 10.2. The Balaban J connectivity index is 3.57. The van der Waals surface area contributed by atoms with Crippen molar-refractivity contribution < 1.29 is 9.53 Å². The van der Waals surface area contributed by atoms with Crippen LogP contribution in [0.25, 0.3) is 0 Å². The molecule has 2 atom stereocenters. The second-order valence-corrected chi connectivity index (χ2v) is 4.03. The van der Waals surface area contributed by atoms with Crippen LogP contribution in [0.1, 0.15) is 33.6 Å². The highest BCUT2D eigenvalue weighted by atomic mass is 79.9. The molecule has 0 N–H and O–H groups in total. The Morgan fingerprint density at radius 2 is 2.09 bits per heavy atom. The second kappa shape index (κ2) is 5.58. The topological polar surface area (TPSA) is 26.3 Å². The summed E-state index contributed by atoms with van der Waals surface area (Å²) in [5.74, 6) is -0.175. The number of rotatable bonds is 4. The lowest BCUT2D eigenvalue weighted by molar-refractivity contribution is -0.147. The Morgan fingerprint density at radius 3 is 2.45 bits per heavy atom. The highest BCUT2D eigenvalue weighted by Crippen LogP contribution is 2.06. The Labute approximate surface area is 76.4 Å². The van der Waals surface area contributed by atoms with E-state index in [4.69, 9.17) is 4.74 Å². The van der Waals surface area contributed by atoms with Crippen molar-refractivity contribution in [3.8, 4) is 0 Å². The van der Waals surface area contributed by atoms with Gasteiger partial charge in [0.25, 0.3) is 0 Å². The minimum Gasteiger partial charge on any atom is -0.462 e. The molecule has 0 aromatic carbocycles.